The third-order valence-electron chi connectivity index (χ3n) is 4.27. The molecule has 0 bridgehead atoms. The monoisotopic (exact) mass is 342 g/mol. The van der Waals surface area contributed by atoms with Crippen LogP contribution in [0.5, 0.6) is 0 Å². The van der Waals surface area contributed by atoms with Gasteiger partial charge in [0, 0.05) is 11.9 Å². The molecular weight excluding hydrogens is 329 g/mol. The molecule has 0 atom stereocenters. The van der Waals surface area contributed by atoms with Crippen LogP contribution in [-0.4, -0.2) is 8.97 Å². The molecule has 0 aliphatic carbocycles. The van der Waals surface area contributed by atoms with Crippen molar-refractivity contribution in [2.45, 2.75) is 13.1 Å². The standard InChI is InChI=1S/C19H13F3N2O/c1-12-4-7-14(8-5-12)24-17-11-13(19(20,21)22)6-9-15(17)23-10-2-3-16(23)18(24)25/h2-11H,1H3. The number of rotatable bonds is 1. The second-order valence-corrected chi connectivity index (χ2v) is 5.94. The quantitative estimate of drug-likeness (QED) is 0.498. The molecule has 4 aromatic rings. The largest absolute Gasteiger partial charge is 0.416 e. The molecule has 3 nitrogen and oxygen atoms in total. The van der Waals surface area contributed by atoms with E-state index in [0.29, 0.717) is 16.7 Å². The van der Waals surface area contributed by atoms with E-state index in [0.717, 1.165) is 17.7 Å². The fourth-order valence-electron chi connectivity index (χ4n) is 3.02. The number of aromatic nitrogens is 2. The van der Waals surface area contributed by atoms with Crippen LogP contribution in [0.3, 0.4) is 0 Å². The molecule has 6 heteroatoms. The van der Waals surface area contributed by atoms with Crippen LogP contribution >= 0.6 is 0 Å². The Kier molecular flexibility index (Phi) is 3.25. The number of fused-ring (bicyclic) bond motifs is 3. The van der Waals surface area contributed by atoms with Crippen molar-refractivity contribution in [2.75, 3.05) is 0 Å². The molecular formula is C19H13F3N2O. The lowest BCUT2D eigenvalue weighted by molar-refractivity contribution is -0.137. The molecule has 0 N–H and O–H groups in total. The molecule has 0 spiro atoms. The van der Waals surface area contributed by atoms with Crippen molar-refractivity contribution < 1.29 is 13.2 Å². The first-order valence-electron chi connectivity index (χ1n) is 7.66. The van der Waals surface area contributed by atoms with Crippen LogP contribution in [0.2, 0.25) is 0 Å². The Morgan fingerprint density at radius 1 is 0.880 bits per heavy atom. The molecule has 0 aliphatic rings. The van der Waals surface area contributed by atoms with E-state index in [4.69, 9.17) is 0 Å². The zero-order chi connectivity index (χ0) is 17.8. The summed E-state index contributed by atoms with van der Waals surface area (Å²) < 4.78 is 42.4. The highest BCUT2D eigenvalue weighted by Gasteiger charge is 2.31. The number of hydrogen-bond donors (Lipinski definition) is 0. The molecule has 4 rings (SSSR count). The second kappa shape index (κ2) is 5.24. The van der Waals surface area contributed by atoms with Crippen molar-refractivity contribution in [3.05, 3.63) is 82.3 Å². The van der Waals surface area contributed by atoms with Crippen molar-refractivity contribution >= 4 is 16.6 Å². The second-order valence-electron chi connectivity index (χ2n) is 5.94. The van der Waals surface area contributed by atoms with Gasteiger partial charge < -0.3 is 4.40 Å². The molecule has 2 aromatic carbocycles. The highest BCUT2D eigenvalue weighted by atomic mass is 19.4. The molecule has 0 unspecified atom stereocenters. The van der Waals surface area contributed by atoms with Gasteiger partial charge >= 0.3 is 6.18 Å². The van der Waals surface area contributed by atoms with Gasteiger partial charge in [0.2, 0.25) is 0 Å². The summed E-state index contributed by atoms with van der Waals surface area (Å²) in [5.74, 6) is 0. The molecule has 25 heavy (non-hydrogen) atoms. The molecule has 2 heterocycles. The van der Waals surface area contributed by atoms with Crippen molar-refractivity contribution in [2.24, 2.45) is 0 Å². The first-order chi connectivity index (χ1) is 11.9. The minimum Gasteiger partial charge on any atom is -0.310 e. The predicted octanol–water partition coefficient (Wildman–Crippen LogP) is 4.57. The molecule has 0 amide bonds. The Labute approximate surface area is 140 Å². The normalized spacial score (nSPS) is 12.2. The van der Waals surface area contributed by atoms with Crippen LogP contribution in [0.15, 0.2) is 65.6 Å². The Hall–Kier alpha value is -3.02. The summed E-state index contributed by atoms with van der Waals surface area (Å²) in [5, 5.41) is 0. The van der Waals surface area contributed by atoms with Crippen molar-refractivity contribution in [3.63, 3.8) is 0 Å². The van der Waals surface area contributed by atoms with Crippen LogP contribution in [0.4, 0.5) is 13.2 Å². The maximum absolute atomic E-state index is 13.2. The summed E-state index contributed by atoms with van der Waals surface area (Å²) in [6.45, 7) is 1.91. The Bertz CT molecular complexity index is 1150. The van der Waals surface area contributed by atoms with Crippen LogP contribution in [-0.2, 0) is 6.18 Å². The molecule has 0 saturated heterocycles. The van der Waals surface area contributed by atoms with E-state index in [2.05, 4.69) is 0 Å². The highest BCUT2D eigenvalue weighted by molar-refractivity contribution is 5.81. The SMILES string of the molecule is Cc1ccc(-n2c(=O)c3cccn3c3ccc(C(F)(F)F)cc32)cc1. The summed E-state index contributed by atoms with van der Waals surface area (Å²) in [4.78, 5) is 12.9. The minimum atomic E-state index is -4.48. The maximum atomic E-state index is 13.2. The van der Waals surface area contributed by atoms with E-state index in [1.807, 2.05) is 19.1 Å². The lowest BCUT2D eigenvalue weighted by Crippen LogP contribution is -2.21. The summed E-state index contributed by atoms with van der Waals surface area (Å²) in [6, 6.07) is 13.9. The predicted molar refractivity (Wildman–Crippen MR) is 90.2 cm³/mol. The summed E-state index contributed by atoms with van der Waals surface area (Å²) in [6.07, 6.45) is -2.81. The van der Waals surface area contributed by atoms with Crippen LogP contribution in [0.25, 0.3) is 22.2 Å². The van der Waals surface area contributed by atoms with E-state index >= 15 is 0 Å². The topological polar surface area (TPSA) is 26.4 Å². The molecule has 0 aliphatic heterocycles. The number of nitrogens with zero attached hydrogens (tertiary/aromatic N) is 2. The summed E-state index contributed by atoms with van der Waals surface area (Å²) >= 11 is 0. The molecule has 0 radical (unpaired) electrons. The zero-order valence-electron chi connectivity index (χ0n) is 13.2. The Morgan fingerprint density at radius 3 is 2.28 bits per heavy atom. The lowest BCUT2D eigenvalue weighted by Gasteiger charge is -2.15. The fraction of sp³-hybridized carbons (Fsp3) is 0.105. The van der Waals surface area contributed by atoms with Gasteiger partial charge in [-0.2, -0.15) is 13.2 Å². The van der Waals surface area contributed by atoms with E-state index in [9.17, 15) is 18.0 Å². The molecule has 126 valence electrons. The van der Waals surface area contributed by atoms with E-state index in [1.165, 1.54) is 10.6 Å². The average Bonchev–Trinajstić information content (AvgIpc) is 3.05. The average molecular weight is 342 g/mol. The third-order valence-corrected chi connectivity index (χ3v) is 4.27. The van der Waals surface area contributed by atoms with Gasteiger partial charge in [-0.1, -0.05) is 17.7 Å². The summed E-state index contributed by atoms with van der Waals surface area (Å²) in [5.41, 5.74) is 1.55. The number of halogens is 3. The van der Waals surface area contributed by atoms with E-state index < -0.39 is 11.7 Å². The maximum Gasteiger partial charge on any atom is 0.416 e. The van der Waals surface area contributed by atoms with Gasteiger partial charge in [-0.05, 0) is 49.4 Å². The first kappa shape index (κ1) is 15.5. The van der Waals surface area contributed by atoms with Crippen LogP contribution in [0.1, 0.15) is 11.1 Å². The fourth-order valence-corrected chi connectivity index (χ4v) is 3.02. The highest BCUT2D eigenvalue weighted by Crippen LogP contribution is 2.32. The number of aryl methyl sites for hydroxylation is 1. The molecule has 2 aromatic heterocycles. The van der Waals surface area contributed by atoms with Gasteiger partial charge in [0.25, 0.3) is 5.56 Å². The number of alkyl halides is 3. The Balaban J connectivity index is 2.18. The third kappa shape index (κ3) is 2.41. The molecule has 0 fully saturated rings. The summed E-state index contributed by atoms with van der Waals surface area (Å²) in [7, 11) is 0. The van der Waals surface area contributed by atoms with Crippen molar-refractivity contribution in [1.29, 1.82) is 0 Å². The van der Waals surface area contributed by atoms with E-state index in [-0.39, 0.29) is 11.1 Å². The lowest BCUT2D eigenvalue weighted by atomic mass is 10.1. The first-order valence-corrected chi connectivity index (χ1v) is 7.66. The van der Waals surface area contributed by atoms with Gasteiger partial charge in [0.15, 0.2) is 0 Å². The van der Waals surface area contributed by atoms with E-state index in [1.54, 1.807) is 34.9 Å². The Morgan fingerprint density at radius 2 is 1.60 bits per heavy atom. The number of benzene rings is 2. The zero-order valence-corrected chi connectivity index (χ0v) is 13.2. The van der Waals surface area contributed by atoms with Gasteiger partial charge in [0.05, 0.1) is 16.6 Å². The van der Waals surface area contributed by atoms with Gasteiger partial charge in [0.1, 0.15) is 5.52 Å². The van der Waals surface area contributed by atoms with Gasteiger partial charge in [-0.25, -0.2) is 0 Å². The smallest absolute Gasteiger partial charge is 0.310 e. The van der Waals surface area contributed by atoms with Crippen molar-refractivity contribution in [3.8, 4) is 5.69 Å². The van der Waals surface area contributed by atoms with Gasteiger partial charge in [-0.3, -0.25) is 9.36 Å². The van der Waals surface area contributed by atoms with Crippen LogP contribution in [0, 0.1) is 6.92 Å². The minimum absolute atomic E-state index is 0.215. The van der Waals surface area contributed by atoms with Gasteiger partial charge in [-0.15, -0.1) is 0 Å². The van der Waals surface area contributed by atoms with Crippen LogP contribution < -0.4 is 5.56 Å². The van der Waals surface area contributed by atoms with Crippen molar-refractivity contribution in [1.82, 2.24) is 8.97 Å². The molecule has 0 saturated carbocycles. The number of hydrogen-bond acceptors (Lipinski definition) is 1.